The molecule has 23 heavy (non-hydrogen) atoms. The number of nitrogens with zero attached hydrogens (tertiary/aromatic N) is 3. The van der Waals surface area contributed by atoms with Crippen molar-refractivity contribution in [2.45, 2.75) is 64.1 Å². The maximum absolute atomic E-state index is 12.9. The largest absolute Gasteiger partial charge is 0.344 e. The normalized spacial score (nSPS) is 27.3. The molecule has 0 radical (unpaired) electrons. The molecule has 1 aromatic rings. The van der Waals surface area contributed by atoms with Crippen molar-refractivity contribution in [1.82, 2.24) is 19.8 Å². The number of likely N-dealkylation sites (tertiary alicyclic amines) is 1. The van der Waals surface area contributed by atoms with Crippen LogP contribution in [0.15, 0.2) is 6.20 Å². The lowest BCUT2D eigenvalue weighted by atomic mass is 10.0. The Labute approximate surface area is 136 Å². The number of carbonyl (C=O) groups is 2. The van der Waals surface area contributed by atoms with Crippen molar-refractivity contribution in [3.8, 4) is 0 Å². The van der Waals surface area contributed by atoms with Crippen molar-refractivity contribution in [3.63, 3.8) is 0 Å². The Hall–Kier alpha value is -1.85. The van der Waals surface area contributed by atoms with Gasteiger partial charge in [0.25, 0.3) is 0 Å². The number of nitrogens with one attached hydrogen (secondary N) is 1. The smallest absolute Gasteiger partial charge is 0.312 e. The van der Waals surface area contributed by atoms with Crippen LogP contribution in [-0.4, -0.2) is 50.2 Å². The molecule has 1 N–H and O–H groups in total. The zero-order valence-electron chi connectivity index (χ0n) is 13.8. The number of H-pyrrole nitrogens is 1. The first-order valence-electron chi connectivity index (χ1n) is 8.71. The molecular weight excluding hydrogens is 292 g/mol. The van der Waals surface area contributed by atoms with E-state index in [1.54, 1.807) is 11.1 Å². The van der Waals surface area contributed by atoms with Gasteiger partial charge in [-0.1, -0.05) is 6.92 Å². The molecule has 1 aliphatic heterocycles. The summed E-state index contributed by atoms with van der Waals surface area (Å²) in [6, 6.07) is 0.506. The summed E-state index contributed by atoms with van der Waals surface area (Å²) in [6.45, 7) is 4.72. The van der Waals surface area contributed by atoms with Gasteiger partial charge in [0, 0.05) is 30.5 Å². The van der Waals surface area contributed by atoms with Crippen molar-refractivity contribution in [1.29, 1.82) is 0 Å². The number of aromatic amines is 1. The first kappa shape index (κ1) is 14.7. The second-order valence-electron chi connectivity index (χ2n) is 7.34. The molecule has 0 spiro atoms. The van der Waals surface area contributed by atoms with Crippen LogP contribution in [0.1, 0.15) is 56.6 Å². The van der Waals surface area contributed by atoms with Gasteiger partial charge in [0.2, 0.25) is 0 Å². The molecule has 4 rings (SSSR count). The number of amides is 2. The van der Waals surface area contributed by atoms with Crippen LogP contribution in [0.2, 0.25) is 0 Å². The van der Waals surface area contributed by atoms with E-state index >= 15 is 0 Å². The quantitative estimate of drug-likeness (QED) is 0.864. The number of aromatic nitrogens is 2. The maximum Gasteiger partial charge on any atom is 0.312 e. The van der Waals surface area contributed by atoms with E-state index in [-0.39, 0.29) is 17.9 Å². The highest BCUT2D eigenvalue weighted by Gasteiger charge is 2.47. The maximum atomic E-state index is 12.9. The van der Waals surface area contributed by atoms with E-state index in [0.717, 1.165) is 43.6 Å². The lowest BCUT2D eigenvalue weighted by Crippen LogP contribution is -2.47. The summed E-state index contributed by atoms with van der Waals surface area (Å²) in [5.41, 5.74) is 0.982. The molecule has 2 saturated carbocycles. The van der Waals surface area contributed by atoms with Crippen LogP contribution in [0, 0.1) is 12.8 Å². The second kappa shape index (κ2) is 5.35. The van der Waals surface area contributed by atoms with Gasteiger partial charge in [0.05, 0.1) is 6.04 Å². The zero-order chi connectivity index (χ0) is 16.1. The topological polar surface area (TPSA) is 69.3 Å². The molecule has 0 unspecified atom stereocenters. The summed E-state index contributed by atoms with van der Waals surface area (Å²) >= 11 is 0. The molecule has 2 heterocycles. The van der Waals surface area contributed by atoms with Gasteiger partial charge in [-0.3, -0.25) is 9.59 Å². The van der Waals surface area contributed by atoms with E-state index in [9.17, 15) is 9.59 Å². The third kappa shape index (κ3) is 2.64. The summed E-state index contributed by atoms with van der Waals surface area (Å²) in [5.74, 6) is 0.482. The van der Waals surface area contributed by atoms with E-state index < -0.39 is 0 Å². The second-order valence-corrected chi connectivity index (χ2v) is 7.34. The van der Waals surface area contributed by atoms with Crippen LogP contribution in [0.25, 0.3) is 0 Å². The Balaban J connectivity index is 1.55. The van der Waals surface area contributed by atoms with Gasteiger partial charge in [-0.25, -0.2) is 4.98 Å². The van der Waals surface area contributed by atoms with Crippen LogP contribution in [0.5, 0.6) is 0 Å². The van der Waals surface area contributed by atoms with Gasteiger partial charge in [0.15, 0.2) is 0 Å². The summed E-state index contributed by atoms with van der Waals surface area (Å²) in [4.78, 5) is 36.9. The Bertz CT molecular complexity index is 620. The molecule has 3 fully saturated rings. The van der Waals surface area contributed by atoms with Crippen LogP contribution in [0.4, 0.5) is 0 Å². The Morgan fingerprint density at radius 3 is 2.39 bits per heavy atom. The van der Waals surface area contributed by atoms with Gasteiger partial charge in [0.1, 0.15) is 5.82 Å². The van der Waals surface area contributed by atoms with Crippen molar-refractivity contribution >= 4 is 11.8 Å². The van der Waals surface area contributed by atoms with E-state index in [1.165, 1.54) is 0 Å². The monoisotopic (exact) mass is 316 g/mol. The number of imidazole rings is 1. The summed E-state index contributed by atoms with van der Waals surface area (Å²) in [5, 5.41) is 0. The third-order valence-electron chi connectivity index (χ3n) is 5.26. The average Bonchev–Trinajstić information content (AvgIpc) is 3.44. The molecule has 2 atom stereocenters. The predicted molar refractivity (Wildman–Crippen MR) is 84.4 cm³/mol. The highest BCUT2D eigenvalue weighted by atomic mass is 16.2. The molecule has 124 valence electrons. The van der Waals surface area contributed by atoms with Gasteiger partial charge in [-0.15, -0.1) is 0 Å². The lowest BCUT2D eigenvalue weighted by molar-refractivity contribution is -0.153. The molecule has 3 aliphatic rings. The molecule has 0 bridgehead atoms. The van der Waals surface area contributed by atoms with E-state index in [0.29, 0.717) is 24.5 Å². The predicted octanol–water partition coefficient (Wildman–Crippen LogP) is 1.78. The summed E-state index contributed by atoms with van der Waals surface area (Å²) < 4.78 is 0. The van der Waals surface area contributed by atoms with Crippen molar-refractivity contribution in [2.75, 3.05) is 6.54 Å². The van der Waals surface area contributed by atoms with Crippen LogP contribution in [0.3, 0.4) is 0 Å². The fourth-order valence-corrected chi connectivity index (χ4v) is 3.74. The van der Waals surface area contributed by atoms with Crippen molar-refractivity contribution < 1.29 is 9.59 Å². The minimum absolute atomic E-state index is 0.111. The molecule has 0 aromatic carbocycles. The van der Waals surface area contributed by atoms with E-state index in [4.69, 9.17) is 0 Å². The molecule has 2 aliphatic carbocycles. The summed E-state index contributed by atoms with van der Waals surface area (Å²) in [7, 11) is 0. The molecule has 6 heteroatoms. The molecular formula is C17H24N4O2. The fraction of sp³-hybridized carbons (Fsp3) is 0.706. The first-order valence-corrected chi connectivity index (χ1v) is 8.71. The van der Waals surface area contributed by atoms with Crippen molar-refractivity contribution in [3.05, 3.63) is 17.7 Å². The van der Waals surface area contributed by atoms with Gasteiger partial charge in [-0.2, -0.15) is 0 Å². The zero-order valence-corrected chi connectivity index (χ0v) is 13.8. The lowest BCUT2D eigenvalue weighted by Gasteiger charge is -2.28. The molecule has 1 saturated heterocycles. The Kier molecular flexibility index (Phi) is 3.43. The van der Waals surface area contributed by atoms with E-state index in [2.05, 4.69) is 16.9 Å². The third-order valence-corrected chi connectivity index (χ3v) is 5.26. The standard InChI is InChI=1S/C17H24N4O2/c1-10-7-8-20(14(10)15-18-9-11(2)19-15)16(22)17(23)21(12-3-4-12)13-5-6-13/h9-10,12-14H,3-8H2,1-2H3,(H,18,19)/t10-,14+/m1/s1. The number of aryl methyl sites for hydroxylation is 1. The highest BCUT2D eigenvalue weighted by molar-refractivity contribution is 6.35. The summed E-state index contributed by atoms with van der Waals surface area (Å²) in [6.07, 6.45) is 6.89. The van der Waals surface area contributed by atoms with Crippen LogP contribution < -0.4 is 0 Å². The van der Waals surface area contributed by atoms with Gasteiger partial charge >= 0.3 is 11.8 Å². The van der Waals surface area contributed by atoms with Crippen molar-refractivity contribution in [2.24, 2.45) is 5.92 Å². The SMILES string of the molecule is Cc1cnc([C@@H]2[C@H](C)CCN2C(=O)C(=O)N(C2CC2)C2CC2)[nH]1. The van der Waals surface area contributed by atoms with Crippen LogP contribution >= 0.6 is 0 Å². The Morgan fingerprint density at radius 1 is 1.22 bits per heavy atom. The Morgan fingerprint density at radius 2 is 1.87 bits per heavy atom. The van der Waals surface area contributed by atoms with Gasteiger partial charge in [-0.05, 0) is 44.9 Å². The number of rotatable bonds is 3. The van der Waals surface area contributed by atoms with Crippen LogP contribution in [-0.2, 0) is 9.59 Å². The van der Waals surface area contributed by atoms with Gasteiger partial charge < -0.3 is 14.8 Å². The minimum atomic E-state index is -0.341. The van der Waals surface area contributed by atoms with E-state index in [1.807, 2.05) is 11.8 Å². The fourth-order valence-electron chi connectivity index (χ4n) is 3.74. The molecule has 2 amide bonds. The number of hydrogen-bond acceptors (Lipinski definition) is 3. The average molecular weight is 316 g/mol. The molecule has 6 nitrogen and oxygen atoms in total. The first-order chi connectivity index (χ1) is 11.1. The molecule has 1 aromatic heterocycles. The number of hydrogen-bond donors (Lipinski definition) is 1. The minimum Gasteiger partial charge on any atom is -0.344 e. The highest BCUT2D eigenvalue weighted by Crippen LogP contribution is 2.39. The number of carbonyl (C=O) groups excluding carboxylic acids is 2.